The number of halogens is 2. The van der Waals surface area contributed by atoms with Crippen molar-refractivity contribution in [2.45, 2.75) is 26.1 Å². The first-order chi connectivity index (χ1) is 17.6. The molecule has 5 N–H and O–H groups in total. The van der Waals surface area contributed by atoms with Crippen molar-refractivity contribution in [2.24, 2.45) is 5.10 Å². The Morgan fingerprint density at radius 1 is 1.30 bits per heavy atom. The van der Waals surface area contributed by atoms with Crippen molar-refractivity contribution in [3.8, 4) is 17.2 Å². The van der Waals surface area contributed by atoms with Gasteiger partial charge in [0.15, 0.2) is 17.7 Å². The molecule has 3 rings (SSSR count). The number of nitrogens with zero attached hydrogens (tertiary/aromatic N) is 1. The SMILES string of the molecule is CCOc1cc([C@@H]2NC(=O)NC(C)=C2C(=O)OC)ccc1OC[C@@H](O)N/N=C\c1cc(Cl)cc(Br)c1O. The summed E-state index contributed by atoms with van der Waals surface area (Å²) in [5.74, 6) is 0.0421. The number of aromatic hydroxyl groups is 1. The monoisotopic (exact) mass is 596 g/mol. The predicted molar refractivity (Wildman–Crippen MR) is 140 cm³/mol. The second-order valence-electron chi connectivity index (χ2n) is 7.74. The van der Waals surface area contributed by atoms with Crippen LogP contribution in [-0.2, 0) is 9.53 Å². The number of nitrogens with one attached hydrogen (secondary N) is 3. The first-order valence-electron chi connectivity index (χ1n) is 11.0. The second-order valence-corrected chi connectivity index (χ2v) is 9.03. The van der Waals surface area contributed by atoms with Gasteiger partial charge in [0.25, 0.3) is 0 Å². The molecule has 0 aromatic heterocycles. The minimum atomic E-state index is -1.20. The zero-order valence-electron chi connectivity index (χ0n) is 20.2. The number of phenolic OH excluding ortho intramolecular Hbond substituents is 1. The molecule has 1 aliphatic rings. The Bertz CT molecular complexity index is 1240. The highest BCUT2D eigenvalue weighted by atomic mass is 79.9. The summed E-state index contributed by atoms with van der Waals surface area (Å²) < 4.78 is 16.7. The third-order valence-corrected chi connectivity index (χ3v) is 5.98. The molecule has 2 aromatic rings. The summed E-state index contributed by atoms with van der Waals surface area (Å²) >= 11 is 9.17. The lowest BCUT2D eigenvalue weighted by molar-refractivity contribution is -0.136. The summed E-state index contributed by atoms with van der Waals surface area (Å²) in [6.45, 7) is 3.53. The zero-order valence-corrected chi connectivity index (χ0v) is 22.5. The molecule has 37 heavy (non-hydrogen) atoms. The number of hydrazone groups is 1. The molecule has 198 valence electrons. The number of ether oxygens (including phenoxy) is 3. The topological polar surface area (TPSA) is 151 Å². The van der Waals surface area contributed by atoms with Crippen molar-refractivity contribution in [1.29, 1.82) is 0 Å². The van der Waals surface area contributed by atoms with E-state index in [1.165, 1.54) is 19.4 Å². The Morgan fingerprint density at radius 2 is 2.05 bits per heavy atom. The number of carbonyl (C=O) groups is 2. The van der Waals surface area contributed by atoms with Crippen LogP contribution in [0.2, 0.25) is 5.02 Å². The first-order valence-corrected chi connectivity index (χ1v) is 12.2. The largest absolute Gasteiger partial charge is 0.506 e. The average Bonchev–Trinajstić information content (AvgIpc) is 2.85. The molecule has 1 heterocycles. The minimum absolute atomic E-state index is 0.0486. The van der Waals surface area contributed by atoms with Crippen molar-refractivity contribution in [1.82, 2.24) is 16.1 Å². The van der Waals surface area contributed by atoms with Crippen LogP contribution in [0, 0.1) is 0 Å². The quantitative estimate of drug-likeness (QED) is 0.121. The highest BCUT2D eigenvalue weighted by Gasteiger charge is 2.32. The summed E-state index contributed by atoms with van der Waals surface area (Å²) in [6.07, 6.45) is 0.104. The number of rotatable bonds is 10. The summed E-state index contributed by atoms with van der Waals surface area (Å²) in [7, 11) is 1.26. The summed E-state index contributed by atoms with van der Waals surface area (Å²) in [4.78, 5) is 24.4. The first kappa shape index (κ1) is 28.1. The van der Waals surface area contributed by atoms with Crippen LogP contribution in [0.15, 0.2) is 51.2 Å². The minimum Gasteiger partial charge on any atom is -0.506 e. The normalized spacial score (nSPS) is 16.2. The van der Waals surface area contributed by atoms with Gasteiger partial charge >= 0.3 is 12.0 Å². The summed E-state index contributed by atoms with van der Waals surface area (Å²) in [6, 6.07) is 6.75. The van der Waals surface area contributed by atoms with Gasteiger partial charge in [0.1, 0.15) is 12.4 Å². The molecule has 0 aliphatic carbocycles. The highest BCUT2D eigenvalue weighted by Crippen LogP contribution is 2.35. The molecule has 0 fully saturated rings. The van der Waals surface area contributed by atoms with Gasteiger partial charge in [-0.2, -0.15) is 5.10 Å². The van der Waals surface area contributed by atoms with Crippen LogP contribution in [0.4, 0.5) is 4.79 Å². The number of esters is 1. The van der Waals surface area contributed by atoms with E-state index in [4.69, 9.17) is 25.8 Å². The van der Waals surface area contributed by atoms with Crippen molar-refractivity contribution in [3.05, 3.63) is 62.2 Å². The van der Waals surface area contributed by atoms with Crippen LogP contribution < -0.4 is 25.5 Å². The van der Waals surface area contributed by atoms with Gasteiger partial charge in [-0.3, -0.25) is 5.43 Å². The van der Waals surface area contributed by atoms with Crippen LogP contribution in [-0.4, -0.2) is 55.0 Å². The fourth-order valence-corrected chi connectivity index (χ4v) is 4.33. The standard InChI is InChI=1S/C24H26BrClN4O7/c1-4-36-18-8-13(21-20(23(33)35-3)12(2)28-24(34)29-21)5-6-17(18)37-11-19(31)30-27-10-14-7-15(26)9-16(25)22(14)32/h5-10,19,21,30-32H,4,11H2,1-3H3,(H2,28,29,34)/b27-10-/t19-,21+/m1/s1. The van der Waals surface area contributed by atoms with Crippen molar-refractivity contribution >= 4 is 45.7 Å². The van der Waals surface area contributed by atoms with E-state index < -0.39 is 24.3 Å². The molecular weight excluding hydrogens is 572 g/mol. The van der Waals surface area contributed by atoms with E-state index in [-0.39, 0.29) is 17.9 Å². The van der Waals surface area contributed by atoms with E-state index in [2.05, 4.69) is 37.1 Å². The number of urea groups is 1. The number of phenols is 1. The summed E-state index contributed by atoms with van der Waals surface area (Å²) in [5, 5.41) is 29.9. The maximum Gasteiger partial charge on any atom is 0.337 e. The average molecular weight is 598 g/mol. The maximum absolute atomic E-state index is 12.4. The number of benzene rings is 2. The zero-order chi connectivity index (χ0) is 27.1. The smallest absolute Gasteiger partial charge is 0.337 e. The lowest BCUT2D eigenvalue weighted by atomic mass is 9.95. The highest BCUT2D eigenvalue weighted by molar-refractivity contribution is 9.10. The fourth-order valence-electron chi connectivity index (χ4n) is 3.50. The number of carbonyl (C=O) groups excluding carboxylic acids is 2. The van der Waals surface area contributed by atoms with Gasteiger partial charge < -0.3 is 35.1 Å². The number of aliphatic hydroxyl groups is 1. The van der Waals surface area contributed by atoms with Gasteiger partial charge in [0, 0.05) is 16.3 Å². The van der Waals surface area contributed by atoms with Gasteiger partial charge in [0.05, 0.1) is 36.0 Å². The molecule has 2 amide bonds. The molecule has 0 saturated carbocycles. The van der Waals surface area contributed by atoms with Crippen molar-refractivity contribution in [3.63, 3.8) is 0 Å². The van der Waals surface area contributed by atoms with Gasteiger partial charge in [-0.1, -0.05) is 17.7 Å². The molecule has 1 aliphatic heterocycles. The van der Waals surface area contributed by atoms with Crippen LogP contribution in [0.25, 0.3) is 0 Å². The van der Waals surface area contributed by atoms with E-state index in [0.29, 0.717) is 44.4 Å². The Hall–Kier alpha value is -3.48. The maximum atomic E-state index is 12.4. The third kappa shape index (κ3) is 7.06. The van der Waals surface area contributed by atoms with Crippen LogP contribution in [0.1, 0.15) is 31.0 Å². The van der Waals surface area contributed by atoms with E-state index in [1.807, 2.05) is 0 Å². The molecule has 13 heteroatoms. The Kier molecular flexibility index (Phi) is 9.61. The number of amides is 2. The van der Waals surface area contributed by atoms with Crippen LogP contribution in [0.3, 0.4) is 0 Å². The van der Waals surface area contributed by atoms with Gasteiger partial charge in [-0.25, -0.2) is 9.59 Å². The number of aliphatic hydroxyl groups excluding tert-OH is 1. The second kappa shape index (κ2) is 12.7. The number of hydrogen-bond donors (Lipinski definition) is 5. The Labute approximate surface area is 226 Å². The Morgan fingerprint density at radius 3 is 2.76 bits per heavy atom. The summed E-state index contributed by atoms with van der Waals surface area (Å²) in [5.41, 5.74) is 4.05. The molecule has 11 nitrogen and oxygen atoms in total. The van der Waals surface area contributed by atoms with Crippen molar-refractivity contribution in [2.75, 3.05) is 20.3 Å². The number of allylic oxidation sites excluding steroid dienone is 1. The number of hydrogen-bond acceptors (Lipinski definition) is 9. The van der Waals surface area contributed by atoms with Gasteiger partial charge in [-0.15, -0.1) is 0 Å². The van der Waals surface area contributed by atoms with E-state index in [0.717, 1.165) is 0 Å². The van der Waals surface area contributed by atoms with Crippen LogP contribution >= 0.6 is 27.5 Å². The molecule has 2 aromatic carbocycles. The molecular formula is C24H26BrClN4O7. The molecule has 2 atom stereocenters. The molecule has 0 saturated heterocycles. The lowest BCUT2D eigenvalue weighted by Crippen LogP contribution is -2.45. The Balaban J connectivity index is 1.72. The molecule has 0 unspecified atom stereocenters. The fraction of sp³-hybridized carbons (Fsp3) is 0.292. The van der Waals surface area contributed by atoms with E-state index in [9.17, 15) is 19.8 Å². The molecule has 0 bridgehead atoms. The third-order valence-electron chi connectivity index (χ3n) is 5.16. The molecule has 0 spiro atoms. The van der Waals surface area contributed by atoms with Crippen LogP contribution in [0.5, 0.6) is 17.2 Å². The lowest BCUT2D eigenvalue weighted by Gasteiger charge is -2.28. The van der Waals surface area contributed by atoms with Gasteiger partial charge in [-0.05, 0) is 59.6 Å². The molecule has 0 radical (unpaired) electrons. The number of methoxy groups -OCH3 is 1. The van der Waals surface area contributed by atoms with Crippen molar-refractivity contribution < 1.29 is 34.0 Å². The predicted octanol–water partition coefficient (Wildman–Crippen LogP) is 3.33. The van der Waals surface area contributed by atoms with E-state index in [1.54, 1.807) is 38.1 Å². The van der Waals surface area contributed by atoms with Gasteiger partial charge in [0.2, 0.25) is 0 Å². The van der Waals surface area contributed by atoms with E-state index >= 15 is 0 Å².